The van der Waals surface area contributed by atoms with E-state index >= 15 is 0 Å². The molecule has 3 fully saturated rings. The van der Waals surface area contributed by atoms with Crippen molar-refractivity contribution in [1.29, 1.82) is 0 Å². The highest BCUT2D eigenvalue weighted by Gasteiger charge is 2.47. The molecule has 3 aliphatic rings. The zero-order valence-electron chi connectivity index (χ0n) is 17.7. The predicted octanol–water partition coefficient (Wildman–Crippen LogP) is 2.62. The second-order valence-electron chi connectivity index (χ2n) is 9.39. The van der Waals surface area contributed by atoms with E-state index in [9.17, 15) is 20.4 Å². The summed E-state index contributed by atoms with van der Waals surface area (Å²) in [5, 5.41) is 40.6. The molecular weight excluding hydrogens is 432 g/mol. The average molecular weight is 461 g/mol. The van der Waals surface area contributed by atoms with E-state index in [1.54, 1.807) is 12.1 Å². The minimum absolute atomic E-state index is 0.342. The lowest BCUT2D eigenvalue weighted by Gasteiger charge is -2.40. The van der Waals surface area contributed by atoms with Gasteiger partial charge in [-0.1, -0.05) is 35.9 Å². The van der Waals surface area contributed by atoms with Crippen LogP contribution in [0.1, 0.15) is 42.1 Å². The van der Waals surface area contributed by atoms with Crippen molar-refractivity contribution in [3.05, 3.63) is 64.2 Å². The third-order valence-corrected chi connectivity index (χ3v) is 7.48. The number of aliphatic hydroxyl groups excluding tert-OH is 4. The highest BCUT2D eigenvalue weighted by molar-refractivity contribution is 6.31. The Kier molecular flexibility index (Phi) is 6.18. The summed E-state index contributed by atoms with van der Waals surface area (Å²) < 4.78 is 11.8. The Balaban J connectivity index is 1.28. The molecule has 0 amide bonds. The molecule has 2 aliphatic carbocycles. The highest BCUT2D eigenvalue weighted by Crippen LogP contribution is 2.52. The summed E-state index contributed by atoms with van der Waals surface area (Å²) in [5.74, 6) is 2.66. The molecule has 4 N–H and O–H groups in total. The Hall–Kier alpha value is -1.67. The van der Waals surface area contributed by atoms with Crippen molar-refractivity contribution in [2.75, 3.05) is 6.61 Å². The van der Waals surface area contributed by atoms with Gasteiger partial charge in [-0.25, -0.2) is 0 Å². The predicted molar refractivity (Wildman–Crippen MR) is 119 cm³/mol. The van der Waals surface area contributed by atoms with Crippen LogP contribution in [0.5, 0.6) is 5.75 Å². The van der Waals surface area contributed by atoms with Gasteiger partial charge in [-0.05, 0) is 72.4 Å². The molecule has 2 saturated carbocycles. The third-order valence-electron chi connectivity index (χ3n) is 7.11. The molecular formula is C25H29ClO6. The molecule has 6 nitrogen and oxygen atoms in total. The lowest BCUT2D eigenvalue weighted by atomic mass is 9.90. The van der Waals surface area contributed by atoms with Crippen LogP contribution < -0.4 is 4.74 Å². The summed E-state index contributed by atoms with van der Waals surface area (Å²) in [4.78, 5) is 0. The average Bonchev–Trinajstić information content (AvgIpc) is 3.41. The second kappa shape index (κ2) is 8.93. The standard InChI is InChI=1S/C25H29ClO6/c26-20-6-3-14(25-24(30)23(29)22(28)21(12-27)32-25)8-17(20)7-13-1-4-18(5-2-13)31-19-10-15-9-16(15)11-19/h1-6,8,15-16,19,21-25,27-30H,7,9-12H2/t15-,16+,19?,21-,22-,23+,24-,25-/m1/s1. The van der Waals surface area contributed by atoms with E-state index < -0.39 is 37.1 Å². The van der Waals surface area contributed by atoms with Crippen LogP contribution in [0.4, 0.5) is 0 Å². The van der Waals surface area contributed by atoms with Gasteiger partial charge >= 0.3 is 0 Å². The smallest absolute Gasteiger partial charge is 0.119 e. The van der Waals surface area contributed by atoms with E-state index in [-0.39, 0.29) is 0 Å². The zero-order chi connectivity index (χ0) is 22.4. The van der Waals surface area contributed by atoms with Crippen molar-refractivity contribution in [2.45, 2.75) is 62.3 Å². The van der Waals surface area contributed by atoms with E-state index in [1.165, 1.54) is 19.3 Å². The second-order valence-corrected chi connectivity index (χ2v) is 9.80. The van der Waals surface area contributed by atoms with Gasteiger partial charge in [0.05, 0.1) is 12.7 Å². The summed E-state index contributed by atoms with van der Waals surface area (Å²) >= 11 is 6.43. The van der Waals surface area contributed by atoms with Crippen LogP contribution in [0.25, 0.3) is 0 Å². The number of aliphatic hydroxyl groups is 4. The van der Waals surface area contributed by atoms with Crippen LogP contribution in [0.2, 0.25) is 5.02 Å². The minimum Gasteiger partial charge on any atom is -0.490 e. The Bertz CT molecular complexity index is 938. The number of fused-ring (bicyclic) bond motifs is 1. The molecule has 8 atom stereocenters. The molecule has 0 bridgehead atoms. The number of ether oxygens (including phenoxy) is 2. The van der Waals surface area contributed by atoms with E-state index in [0.717, 1.165) is 28.7 Å². The van der Waals surface area contributed by atoms with E-state index in [0.29, 0.717) is 23.1 Å². The van der Waals surface area contributed by atoms with Crippen molar-refractivity contribution in [1.82, 2.24) is 0 Å². The van der Waals surface area contributed by atoms with Gasteiger partial charge in [-0.2, -0.15) is 0 Å². The van der Waals surface area contributed by atoms with Crippen molar-refractivity contribution in [2.24, 2.45) is 11.8 Å². The van der Waals surface area contributed by atoms with Crippen molar-refractivity contribution in [3.63, 3.8) is 0 Å². The quantitative estimate of drug-likeness (QED) is 0.529. The SMILES string of the molecule is OC[C@H]1O[C@H](c2ccc(Cl)c(Cc3ccc(OC4C[C@@H]5C[C@@H]5C4)cc3)c2)[C@H](O)[C@@H](O)[C@@H]1O. The summed E-state index contributed by atoms with van der Waals surface area (Å²) in [6.45, 7) is -0.460. The molecule has 1 heterocycles. The van der Waals surface area contributed by atoms with E-state index in [4.69, 9.17) is 21.1 Å². The molecule has 2 aromatic rings. The van der Waals surface area contributed by atoms with Gasteiger partial charge in [0.1, 0.15) is 36.3 Å². The molecule has 0 spiro atoms. The zero-order valence-corrected chi connectivity index (χ0v) is 18.4. The van der Waals surface area contributed by atoms with Crippen molar-refractivity contribution < 1.29 is 29.9 Å². The van der Waals surface area contributed by atoms with Gasteiger partial charge in [-0.15, -0.1) is 0 Å². The molecule has 0 radical (unpaired) electrons. The van der Waals surface area contributed by atoms with Gasteiger partial charge in [0.15, 0.2) is 0 Å². The molecule has 172 valence electrons. The number of halogens is 1. The first-order valence-corrected chi connectivity index (χ1v) is 11.6. The van der Waals surface area contributed by atoms with Gasteiger partial charge < -0.3 is 29.9 Å². The fourth-order valence-corrected chi connectivity index (χ4v) is 5.32. The Labute approximate surface area is 192 Å². The van der Waals surface area contributed by atoms with E-state index in [1.807, 2.05) is 30.3 Å². The Morgan fingerprint density at radius 1 is 0.906 bits per heavy atom. The van der Waals surface area contributed by atoms with Gasteiger partial charge in [0.2, 0.25) is 0 Å². The fraction of sp³-hybridized carbons (Fsp3) is 0.520. The van der Waals surface area contributed by atoms with Gasteiger partial charge in [-0.3, -0.25) is 0 Å². The molecule has 2 aromatic carbocycles. The van der Waals surface area contributed by atoms with Crippen LogP contribution >= 0.6 is 11.6 Å². The summed E-state index contributed by atoms with van der Waals surface area (Å²) in [7, 11) is 0. The molecule has 1 unspecified atom stereocenters. The monoisotopic (exact) mass is 460 g/mol. The van der Waals surface area contributed by atoms with Crippen LogP contribution in [0, 0.1) is 11.8 Å². The molecule has 7 heteroatoms. The fourth-order valence-electron chi connectivity index (χ4n) is 5.14. The van der Waals surface area contributed by atoms with Crippen LogP contribution in [0.3, 0.4) is 0 Å². The highest BCUT2D eigenvalue weighted by atomic mass is 35.5. The summed E-state index contributed by atoms with van der Waals surface area (Å²) in [6, 6.07) is 13.3. The third kappa shape index (κ3) is 4.40. The maximum atomic E-state index is 10.4. The van der Waals surface area contributed by atoms with Crippen molar-refractivity contribution in [3.8, 4) is 5.75 Å². The summed E-state index contributed by atoms with van der Waals surface area (Å²) in [6.07, 6.45) is -1.30. The van der Waals surface area contributed by atoms with Crippen molar-refractivity contribution >= 4 is 11.6 Å². The number of rotatable bonds is 6. The number of hydrogen-bond donors (Lipinski definition) is 4. The lowest BCUT2D eigenvalue weighted by Crippen LogP contribution is -2.55. The summed E-state index contributed by atoms with van der Waals surface area (Å²) in [5.41, 5.74) is 2.55. The first-order valence-electron chi connectivity index (χ1n) is 11.3. The maximum absolute atomic E-state index is 10.4. The van der Waals surface area contributed by atoms with E-state index in [2.05, 4.69) is 0 Å². The Morgan fingerprint density at radius 3 is 2.31 bits per heavy atom. The number of hydrogen-bond acceptors (Lipinski definition) is 6. The molecule has 32 heavy (non-hydrogen) atoms. The molecule has 5 rings (SSSR count). The van der Waals surface area contributed by atoms with Crippen LogP contribution in [0.15, 0.2) is 42.5 Å². The molecule has 1 saturated heterocycles. The van der Waals surface area contributed by atoms with Crippen LogP contribution in [-0.4, -0.2) is 57.6 Å². The first kappa shape index (κ1) is 22.1. The number of benzene rings is 2. The maximum Gasteiger partial charge on any atom is 0.119 e. The Morgan fingerprint density at radius 2 is 1.62 bits per heavy atom. The largest absolute Gasteiger partial charge is 0.490 e. The topological polar surface area (TPSA) is 99.4 Å². The first-order chi connectivity index (χ1) is 15.4. The van der Waals surface area contributed by atoms with Gasteiger partial charge in [0.25, 0.3) is 0 Å². The molecule has 1 aliphatic heterocycles. The van der Waals surface area contributed by atoms with Gasteiger partial charge in [0, 0.05) is 5.02 Å². The van der Waals surface area contributed by atoms with Crippen LogP contribution in [-0.2, 0) is 11.2 Å². The minimum atomic E-state index is -1.41. The molecule has 0 aromatic heterocycles. The normalized spacial score (nSPS) is 36.0. The lowest BCUT2D eigenvalue weighted by molar-refractivity contribution is -0.231.